The lowest BCUT2D eigenvalue weighted by Gasteiger charge is -2.20. The normalized spacial score (nSPS) is 11.7. The summed E-state index contributed by atoms with van der Waals surface area (Å²) in [5, 5.41) is 2.99. The minimum atomic E-state index is 0.0303. The van der Waals surface area contributed by atoms with Crippen molar-refractivity contribution < 1.29 is 4.79 Å². The van der Waals surface area contributed by atoms with Gasteiger partial charge in [0, 0.05) is 18.5 Å². The van der Waals surface area contributed by atoms with Gasteiger partial charge in [0.1, 0.15) is 0 Å². The van der Waals surface area contributed by atoms with Crippen molar-refractivity contribution in [2.24, 2.45) is 0 Å². The molecule has 126 valence electrons. The number of nitrogens with zero attached hydrogens (tertiary/aromatic N) is 1. The molecule has 25 heavy (non-hydrogen) atoms. The summed E-state index contributed by atoms with van der Waals surface area (Å²) >= 11 is 0. The highest BCUT2D eigenvalue weighted by Gasteiger charge is 2.19. The van der Waals surface area contributed by atoms with Crippen LogP contribution in [0.2, 0.25) is 0 Å². The first-order chi connectivity index (χ1) is 12.2. The van der Waals surface area contributed by atoms with Gasteiger partial charge in [-0.15, -0.1) is 0 Å². The van der Waals surface area contributed by atoms with Gasteiger partial charge in [0.05, 0.1) is 12.2 Å². The first-order valence-electron chi connectivity index (χ1n) is 8.51. The first kappa shape index (κ1) is 16.9. The molecule has 0 aliphatic rings. The van der Waals surface area contributed by atoms with Crippen LogP contribution >= 0.6 is 0 Å². The maximum atomic E-state index is 12.5. The van der Waals surface area contributed by atoms with Crippen LogP contribution in [0, 0.1) is 6.92 Å². The Kier molecular flexibility index (Phi) is 5.57. The van der Waals surface area contributed by atoms with Gasteiger partial charge in [-0.3, -0.25) is 9.78 Å². The molecule has 0 aliphatic heterocycles. The molecular weight excluding hydrogens is 308 g/mol. The van der Waals surface area contributed by atoms with E-state index in [1.165, 1.54) is 11.1 Å². The van der Waals surface area contributed by atoms with Crippen molar-refractivity contribution >= 4 is 5.91 Å². The van der Waals surface area contributed by atoms with Gasteiger partial charge in [0.25, 0.3) is 0 Å². The molecule has 0 fully saturated rings. The molecule has 3 aromatic rings. The topological polar surface area (TPSA) is 42.0 Å². The van der Waals surface area contributed by atoms with Crippen LogP contribution in [-0.4, -0.2) is 10.9 Å². The van der Waals surface area contributed by atoms with E-state index in [1.807, 2.05) is 48.5 Å². The summed E-state index contributed by atoms with van der Waals surface area (Å²) in [5.74, 6) is 0.0777. The summed E-state index contributed by atoms with van der Waals surface area (Å²) in [4.78, 5) is 16.8. The van der Waals surface area contributed by atoms with Gasteiger partial charge in [-0.05, 0) is 35.7 Å². The highest BCUT2D eigenvalue weighted by molar-refractivity contribution is 5.77. The van der Waals surface area contributed by atoms with Gasteiger partial charge in [-0.25, -0.2) is 0 Å². The third kappa shape index (κ3) is 4.54. The van der Waals surface area contributed by atoms with Crippen molar-refractivity contribution in [2.45, 2.75) is 25.8 Å². The van der Waals surface area contributed by atoms with E-state index in [0.717, 1.165) is 11.3 Å². The molecule has 1 atom stereocenters. The summed E-state index contributed by atoms with van der Waals surface area (Å²) in [6.07, 6.45) is 2.16. The zero-order valence-corrected chi connectivity index (χ0v) is 14.4. The van der Waals surface area contributed by atoms with Crippen LogP contribution < -0.4 is 5.32 Å². The highest BCUT2D eigenvalue weighted by Crippen LogP contribution is 2.30. The SMILES string of the molecule is Cc1ccccc1[C@H](CC(=O)NCc1ccccn1)c1ccccc1. The molecule has 1 N–H and O–H groups in total. The first-order valence-corrected chi connectivity index (χ1v) is 8.51. The van der Waals surface area contributed by atoms with E-state index in [1.54, 1.807) is 6.20 Å². The van der Waals surface area contributed by atoms with E-state index in [2.05, 4.69) is 41.5 Å². The standard InChI is InChI=1S/C22H22N2O/c1-17-9-5-6-13-20(17)21(18-10-3-2-4-11-18)15-22(25)24-16-19-12-7-8-14-23-19/h2-14,21H,15-16H2,1H3,(H,24,25)/t21-/m1/s1. The molecule has 0 unspecified atom stereocenters. The fourth-order valence-corrected chi connectivity index (χ4v) is 3.02. The number of rotatable bonds is 6. The number of pyridine rings is 1. The third-order valence-corrected chi connectivity index (χ3v) is 4.35. The van der Waals surface area contributed by atoms with Crippen LogP contribution in [0.1, 0.15) is 34.7 Å². The zero-order valence-electron chi connectivity index (χ0n) is 14.4. The number of hydrogen-bond donors (Lipinski definition) is 1. The van der Waals surface area contributed by atoms with E-state index >= 15 is 0 Å². The largest absolute Gasteiger partial charge is 0.350 e. The van der Waals surface area contributed by atoms with Crippen molar-refractivity contribution in [3.05, 3.63) is 101 Å². The summed E-state index contributed by atoms with van der Waals surface area (Å²) in [6.45, 7) is 2.55. The van der Waals surface area contributed by atoms with E-state index in [-0.39, 0.29) is 11.8 Å². The molecule has 0 aliphatic carbocycles. The van der Waals surface area contributed by atoms with Gasteiger partial charge in [0.15, 0.2) is 0 Å². The smallest absolute Gasteiger partial charge is 0.221 e. The lowest BCUT2D eigenvalue weighted by Crippen LogP contribution is -2.25. The Morgan fingerprint density at radius 1 is 0.960 bits per heavy atom. The van der Waals surface area contributed by atoms with Gasteiger partial charge in [0.2, 0.25) is 5.91 Å². The van der Waals surface area contributed by atoms with Crippen molar-refractivity contribution in [3.63, 3.8) is 0 Å². The van der Waals surface area contributed by atoms with Crippen LogP contribution in [0.25, 0.3) is 0 Å². The summed E-state index contributed by atoms with van der Waals surface area (Å²) < 4.78 is 0. The molecule has 3 nitrogen and oxygen atoms in total. The fourth-order valence-electron chi connectivity index (χ4n) is 3.02. The minimum Gasteiger partial charge on any atom is -0.350 e. The number of nitrogens with one attached hydrogen (secondary N) is 1. The zero-order chi connectivity index (χ0) is 17.5. The average molecular weight is 330 g/mol. The Balaban J connectivity index is 1.76. The second kappa shape index (κ2) is 8.25. The van der Waals surface area contributed by atoms with E-state index < -0.39 is 0 Å². The van der Waals surface area contributed by atoms with Gasteiger partial charge in [-0.1, -0.05) is 60.7 Å². The lowest BCUT2D eigenvalue weighted by molar-refractivity contribution is -0.121. The number of aromatic nitrogens is 1. The molecular formula is C22H22N2O. The van der Waals surface area contributed by atoms with E-state index in [4.69, 9.17) is 0 Å². The van der Waals surface area contributed by atoms with Crippen LogP contribution in [0.3, 0.4) is 0 Å². The Bertz CT molecular complexity index is 816. The monoisotopic (exact) mass is 330 g/mol. The number of amides is 1. The molecule has 3 heteroatoms. The van der Waals surface area contributed by atoms with E-state index in [0.29, 0.717) is 13.0 Å². The van der Waals surface area contributed by atoms with Crippen LogP contribution in [0.15, 0.2) is 79.0 Å². The third-order valence-electron chi connectivity index (χ3n) is 4.35. The molecule has 1 amide bonds. The van der Waals surface area contributed by atoms with Crippen molar-refractivity contribution in [2.75, 3.05) is 0 Å². The minimum absolute atomic E-state index is 0.0303. The summed E-state index contributed by atoms with van der Waals surface area (Å²) in [7, 11) is 0. The molecule has 0 bridgehead atoms. The molecule has 0 saturated heterocycles. The van der Waals surface area contributed by atoms with Gasteiger partial charge >= 0.3 is 0 Å². The second-order valence-corrected chi connectivity index (χ2v) is 6.12. The average Bonchev–Trinajstić information content (AvgIpc) is 2.67. The number of carbonyl (C=O) groups excluding carboxylic acids is 1. The van der Waals surface area contributed by atoms with E-state index in [9.17, 15) is 4.79 Å². The maximum Gasteiger partial charge on any atom is 0.221 e. The Morgan fingerprint density at radius 3 is 2.40 bits per heavy atom. The maximum absolute atomic E-state index is 12.5. The van der Waals surface area contributed by atoms with Gasteiger partial charge in [-0.2, -0.15) is 0 Å². The number of benzene rings is 2. The number of aryl methyl sites for hydroxylation is 1. The summed E-state index contributed by atoms with van der Waals surface area (Å²) in [5.41, 5.74) is 4.42. The fraction of sp³-hybridized carbons (Fsp3) is 0.182. The van der Waals surface area contributed by atoms with Crippen LogP contribution in [0.4, 0.5) is 0 Å². The molecule has 0 spiro atoms. The Hall–Kier alpha value is -2.94. The molecule has 1 heterocycles. The van der Waals surface area contributed by atoms with Crippen molar-refractivity contribution in [3.8, 4) is 0 Å². The molecule has 2 aromatic carbocycles. The Morgan fingerprint density at radius 2 is 1.68 bits per heavy atom. The number of hydrogen-bond acceptors (Lipinski definition) is 2. The van der Waals surface area contributed by atoms with Crippen molar-refractivity contribution in [1.82, 2.24) is 10.3 Å². The predicted octanol–water partition coefficient (Wildman–Crippen LogP) is 4.23. The highest BCUT2D eigenvalue weighted by atomic mass is 16.1. The quantitative estimate of drug-likeness (QED) is 0.735. The van der Waals surface area contributed by atoms with Crippen molar-refractivity contribution in [1.29, 1.82) is 0 Å². The lowest BCUT2D eigenvalue weighted by atomic mass is 9.86. The predicted molar refractivity (Wildman–Crippen MR) is 100 cm³/mol. The molecule has 0 saturated carbocycles. The molecule has 1 aromatic heterocycles. The number of carbonyl (C=O) groups is 1. The molecule has 3 rings (SSSR count). The second-order valence-electron chi connectivity index (χ2n) is 6.12. The van der Waals surface area contributed by atoms with Gasteiger partial charge < -0.3 is 5.32 Å². The van der Waals surface area contributed by atoms with Crippen LogP contribution in [0.5, 0.6) is 0 Å². The van der Waals surface area contributed by atoms with Crippen LogP contribution in [-0.2, 0) is 11.3 Å². The Labute approximate surface area is 148 Å². The molecule has 0 radical (unpaired) electrons. The summed E-state index contributed by atoms with van der Waals surface area (Å²) in [6, 6.07) is 24.2.